The van der Waals surface area contributed by atoms with Gasteiger partial charge >= 0.3 is 0 Å². The minimum atomic E-state index is -0.0190. The summed E-state index contributed by atoms with van der Waals surface area (Å²) < 4.78 is 2.03. The second-order valence-corrected chi connectivity index (χ2v) is 7.71. The molecular formula is C20H24N4OS. The van der Waals surface area contributed by atoms with Gasteiger partial charge in [-0.25, -0.2) is 4.98 Å². The third-order valence-electron chi connectivity index (χ3n) is 4.97. The maximum Gasteiger partial charge on any atom is 0.237 e. The van der Waals surface area contributed by atoms with Crippen LogP contribution in [-0.2, 0) is 17.8 Å². The van der Waals surface area contributed by atoms with Crippen LogP contribution in [0.2, 0.25) is 0 Å². The Morgan fingerprint density at radius 2 is 2.15 bits per heavy atom. The molecule has 3 heterocycles. The highest BCUT2D eigenvalue weighted by Crippen LogP contribution is 2.20. The molecule has 0 saturated carbocycles. The molecule has 1 aliphatic rings. The average Bonchev–Trinajstić information content (AvgIpc) is 3.25. The Kier molecular flexibility index (Phi) is 5.32. The highest BCUT2D eigenvalue weighted by atomic mass is 32.1. The maximum atomic E-state index is 12.7. The third-order valence-corrected chi connectivity index (χ3v) is 5.74. The van der Waals surface area contributed by atoms with Gasteiger partial charge < -0.3 is 5.32 Å². The highest BCUT2D eigenvalue weighted by molar-refractivity contribution is 7.15. The number of carbonyl (C=O) groups is 1. The van der Waals surface area contributed by atoms with Crippen molar-refractivity contribution in [1.82, 2.24) is 19.6 Å². The van der Waals surface area contributed by atoms with Crippen LogP contribution in [0.25, 0.3) is 4.96 Å². The molecule has 5 nitrogen and oxygen atoms in total. The second-order valence-electron chi connectivity index (χ2n) is 6.83. The summed E-state index contributed by atoms with van der Waals surface area (Å²) in [4.78, 5) is 20.6. The summed E-state index contributed by atoms with van der Waals surface area (Å²) in [6.07, 6.45) is 8.06. The first-order valence-electron chi connectivity index (χ1n) is 9.26. The molecule has 1 atom stereocenters. The number of hydrogen-bond acceptors (Lipinski definition) is 4. The predicted molar refractivity (Wildman–Crippen MR) is 104 cm³/mol. The Balaban J connectivity index is 1.32. The lowest BCUT2D eigenvalue weighted by molar-refractivity contribution is -0.127. The Bertz CT molecular complexity index is 828. The van der Waals surface area contributed by atoms with Crippen LogP contribution in [0.4, 0.5) is 0 Å². The van der Waals surface area contributed by atoms with Crippen molar-refractivity contribution in [2.24, 2.45) is 0 Å². The zero-order valence-electron chi connectivity index (χ0n) is 14.8. The number of piperidine rings is 1. The molecular weight excluding hydrogens is 344 g/mol. The van der Waals surface area contributed by atoms with Crippen LogP contribution in [0.3, 0.4) is 0 Å². The van der Waals surface area contributed by atoms with Crippen LogP contribution in [0.15, 0.2) is 48.1 Å². The maximum absolute atomic E-state index is 12.7. The zero-order valence-corrected chi connectivity index (χ0v) is 15.6. The molecule has 26 heavy (non-hydrogen) atoms. The van der Waals surface area contributed by atoms with Gasteiger partial charge in [0, 0.05) is 37.3 Å². The van der Waals surface area contributed by atoms with Gasteiger partial charge in [-0.2, -0.15) is 0 Å². The number of carbonyl (C=O) groups excluding carboxylic acids is 1. The molecule has 2 aromatic heterocycles. The number of benzene rings is 1. The minimum absolute atomic E-state index is 0.0190. The van der Waals surface area contributed by atoms with Gasteiger partial charge in [0.1, 0.15) is 0 Å². The number of imidazole rings is 1. The molecule has 0 bridgehead atoms. The Morgan fingerprint density at radius 3 is 3.00 bits per heavy atom. The number of aromatic nitrogens is 2. The van der Waals surface area contributed by atoms with Gasteiger partial charge in [-0.15, -0.1) is 11.3 Å². The Morgan fingerprint density at radius 1 is 1.27 bits per heavy atom. The van der Waals surface area contributed by atoms with Gasteiger partial charge in [0.2, 0.25) is 5.91 Å². The van der Waals surface area contributed by atoms with Gasteiger partial charge in [0.05, 0.1) is 11.7 Å². The van der Waals surface area contributed by atoms with Crippen LogP contribution >= 0.6 is 11.3 Å². The van der Waals surface area contributed by atoms with Gasteiger partial charge in [-0.3, -0.25) is 14.1 Å². The summed E-state index contributed by atoms with van der Waals surface area (Å²) in [5.74, 6) is 0.154. The van der Waals surface area contributed by atoms with E-state index in [-0.39, 0.29) is 11.9 Å². The minimum Gasteiger partial charge on any atom is -0.354 e. The first-order valence-corrected chi connectivity index (χ1v) is 10.1. The van der Waals surface area contributed by atoms with E-state index >= 15 is 0 Å². The van der Waals surface area contributed by atoms with E-state index in [2.05, 4.69) is 39.5 Å². The highest BCUT2D eigenvalue weighted by Gasteiger charge is 2.28. The summed E-state index contributed by atoms with van der Waals surface area (Å²) in [5, 5.41) is 5.15. The van der Waals surface area contributed by atoms with E-state index in [0.29, 0.717) is 6.54 Å². The SMILES string of the molecule is O=C(NCCc1cn2ccsc2n1)C1CCCCN1Cc1ccccc1. The van der Waals surface area contributed by atoms with E-state index in [0.717, 1.165) is 43.0 Å². The standard InChI is InChI=1S/C20H24N4OS/c25-19(21-10-9-17-15-24-12-13-26-20(24)22-17)18-8-4-5-11-23(18)14-16-6-2-1-3-7-16/h1-3,6-7,12-13,15,18H,4-5,8-11,14H2,(H,21,25). The smallest absolute Gasteiger partial charge is 0.237 e. The van der Waals surface area contributed by atoms with Crippen LogP contribution in [0.5, 0.6) is 0 Å². The van der Waals surface area contributed by atoms with Crippen molar-refractivity contribution in [1.29, 1.82) is 0 Å². The molecule has 3 aromatic rings. The van der Waals surface area contributed by atoms with Gasteiger partial charge in [0.25, 0.3) is 0 Å². The van der Waals surface area contributed by atoms with E-state index < -0.39 is 0 Å². The van der Waals surface area contributed by atoms with Crippen LogP contribution in [-0.4, -0.2) is 39.3 Å². The summed E-state index contributed by atoms with van der Waals surface area (Å²) in [5.41, 5.74) is 2.30. The molecule has 1 amide bonds. The van der Waals surface area contributed by atoms with Crippen molar-refractivity contribution in [3.63, 3.8) is 0 Å². The van der Waals surface area contributed by atoms with E-state index in [9.17, 15) is 4.79 Å². The molecule has 1 N–H and O–H groups in total. The number of likely N-dealkylation sites (tertiary alicyclic amines) is 1. The molecule has 0 radical (unpaired) electrons. The quantitative estimate of drug-likeness (QED) is 0.727. The number of hydrogen-bond donors (Lipinski definition) is 1. The monoisotopic (exact) mass is 368 g/mol. The zero-order chi connectivity index (χ0) is 17.8. The lowest BCUT2D eigenvalue weighted by Gasteiger charge is -2.34. The lowest BCUT2D eigenvalue weighted by atomic mass is 10.0. The molecule has 0 aliphatic carbocycles. The molecule has 136 valence electrons. The summed E-state index contributed by atoms with van der Waals surface area (Å²) in [6.45, 7) is 2.47. The van der Waals surface area contributed by atoms with Gasteiger partial charge in [0.15, 0.2) is 4.96 Å². The van der Waals surface area contributed by atoms with Gasteiger partial charge in [-0.1, -0.05) is 36.8 Å². The average molecular weight is 369 g/mol. The first kappa shape index (κ1) is 17.2. The van der Waals surface area contributed by atoms with Crippen molar-refractivity contribution >= 4 is 22.2 Å². The van der Waals surface area contributed by atoms with Crippen molar-refractivity contribution in [3.8, 4) is 0 Å². The number of nitrogens with one attached hydrogen (secondary N) is 1. The molecule has 1 aromatic carbocycles. The number of nitrogens with zero attached hydrogens (tertiary/aromatic N) is 3. The third kappa shape index (κ3) is 3.97. The van der Waals surface area contributed by atoms with E-state index in [1.54, 1.807) is 11.3 Å². The summed E-state index contributed by atoms with van der Waals surface area (Å²) in [7, 11) is 0. The molecule has 1 aliphatic heterocycles. The van der Waals surface area contributed by atoms with Crippen LogP contribution in [0, 0.1) is 0 Å². The fourth-order valence-electron chi connectivity index (χ4n) is 3.62. The molecule has 4 rings (SSSR count). The normalized spacial score (nSPS) is 18.2. The topological polar surface area (TPSA) is 49.6 Å². The Labute approximate surface area is 157 Å². The first-order chi connectivity index (χ1) is 12.8. The number of fused-ring (bicyclic) bond motifs is 1. The van der Waals surface area contributed by atoms with Gasteiger partial charge in [-0.05, 0) is 24.9 Å². The van der Waals surface area contributed by atoms with E-state index in [1.807, 2.05) is 28.2 Å². The van der Waals surface area contributed by atoms with E-state index in [4.69, 9.17) is 0 Å². The predicted octanol–water partition coefficient (Wildman–Crippen LogP) is 3.11. The fraction of sp³-hybridized carbons (Fsp3) is 0.400. The number of rotatable bonds is 6. The molecule has 1 unspecified atom stereocenters. The van der Waals surface area contributed by atoms with E-state index in [1.165, 1.54) is 12.0 Å². The molecule has 6 heteroatoms. The molecule has 1 saturated heterocycles. The van der Waals surface area contributed by atoms with Crippen molar-refractivity contribution in [2.75, 3.05) is 13.1 Å². The van der Waals surface area contributed by atoms with Crippen LogP contribution in [0.1, 0.15) is 30.5 Å². The van der Waals surface area contributed by atoms with Crippen molar-refractivity contribution < 1.29 is 4.79 Å². The fourth-order valence-corrected chi connectivity index (χ4v) is 4.34. The van der Waals surface area contributed by atoms with Crippen molar-refractivity contribution in [3.05, 3.63) is 59.4 Å². The molecule has 0 spiro atoms. The van der Waals surface area contributed by atoms with Crippen molar-refractivity contribution in [2.45, 2.75) is 38.3 Å². The summed E-state index contributed by atoms with van der Waals surface area (Å²) >= 11 is 1.63. The Hall–Kier alpha value is -2.18. The number of amides is 1. The summed E-state index contributed by atoms with van der Waals surface area (Å²) in [6, 6.07) is 10.4. The second kappa shape index (κ2) is 8.01. The molecule has 1 fully saturated rings. The number of thiazole rings is 1. The largest absolute Gasteiger partial charge is 0.354 e. The lowest BCUT2D eigenvalue weighted by Crippen LogP contribution is -2.49. The van der Waals surface area contributed by atoms with Crippen LogP contribution < -0.4 is 5.32 Å².